The summed E-state index contributed by atoms with van der Waals surface area (Å²) in [6.07, 6.45) is 0. The van der Waals surface area contributed by atoms with Crippen LogP contribution in [0.25, 0.3) is 11.4 Å². The molecule has 0 spiro atoms. The van der Waals surface area contributed by atoms with Gasteiger partial charge in [0.25, 0.3) is 0 Å². The highest BCUT2D eigenvalue weighted by Crippen LogP contribution is 2.33. The van der Waals surface area contributed by atoms with E-state index in [2.05, 4.69) is 10.1 Å². The Kier molecular flexibility index (Phi) is 3.13. The SMILES string of the molecule is Cc1cc(F)c(Cl)c(-c2noc(CN)n2)c1C. The third-order valence-electron chi connectivity index (χ3n) is 2.61. The summed E-state index contributed by atoms with van der Waals surface area (Å²) in [5, 5.41) is 3.74. The molecule has 0 amide bonds. The molecule has 1 aromatic carbocycles. The van der Waals surface area contributed by atoms with E-state index < -0.39 is 5.82 Å². The fourth-order valence-corrected chi connectivity index (χ4v) is 1.83. The van der Waals surface area contributed by atoms with Crippen LogP contribution in [0, 0.1) is 19.7 Å². The van der Waals surface area contributed by atoms with Gasteiger partial charge < -0.3 is 10.3 Å². The second-order valence-electron chi connectivity index (χ2n) is 3.71. The van der Waals surface area contributed by atoms with E-state index in [-0.39, 0.29) is 23.3 Å². The molecule has 90 valence electrons. The lowest BCUT2D eigenvalue weighted by Crippen LogP contribution is -1.97. The van der Waals surface area contributed by atoms with Gasteiger partial charge in [-0.25, -0.2) is 4.39 Å². The number of nitrogens with zero attached hydrogens (tertiary/aromatic N) is 2. The summed E-state index contributed by atoms with van der Waals surface area (Å²) >= 11 is 5.93. The van der Waals surface area contributed by atoms with E-state index in [1.54, 1.807) is 6.92 Å². The molecule has 1 heterocycles. The predicted octanol–water partition coefficient (Wildman–Crippen LogP) is 2.60. The number of nitrogens with two attached hydrogens (primary N) is 1. The quantitative estimate of drug-likeness (QED) is 0.896. The molecule has 0 atom stereocenters. The van der Waals surface area contributed by atoms with Gasteiger partial charge in [-0.2, -0.15) is 4.98 Å². The molecule has 2 rings (SSSR count). The number of rotatable bonds is 2. The average molecular weight is 256 g/mol. The Hall–Kier alpha value is -1.46. The first-order valence-corrected chi connectivity index (χ1v) is 5.40. The largest absolute Gasteiger partial charge is 0.338 e. The Balaban J connectivity index is 2.65. The summed E-state index contributed by atoms with van der Waals surface area (Å²) in [7, 11) is 0. The van der Waals surface area contributed by atoms with E-state index >= 15 is 0 Å². The Morgan fingerprint density at radius 1 is 1.47 bits per heavy atom. The summed E-state index contributed by atoms with van der Waals surface area (Å²) < 4.78 is 18.4. The number of aromatic nitrogens is 2. The number of benzene rings is 1. The van der Waals surface area contributed by atoms with Crippen molar-refractivity contribution in [1.29, 1.82) is 0 Å². The third-order valence-corrected chi connectivity index (χ3v) is 2.97. The maximum Gasteiger partial charge on any atom is 0.240 e. The first-order valence-electron chi connectivity index (χ1n) is 5.02. The van der Waals surface area contributed by atoms with Crippen LogP contribution in [-0.4, -0.2) is 10.1 Å². The molecule has 2 aromatic rings. The zero-order chi connectivity index (χ0) is 12.6. The number of aryl methyl sites for hydroxylation is 1. The Morgan fingerprint density at radius 3 is 2.76 bits per heavy atom. The lowest BCUT2D eigenvalue weighted by Gasteiger charge is -2.08. The van der Waals surface area contributed by atoms with Crippen molar-refractivity contribution < 1.29 is 8.91 Å². The first kappa shape index (κ1) is 12.0. The van der Waals surface area contributed by atoms with Crippen LogP contribution in [0.5, 0.6) is 0 Å². The Morgan fingerprint density at radius 2 is 2.18 bits per heavy atom. The highest BCUT2D eigenvalue weighted by atomic mass is 35.5. The second-order valence-corrected chi connectivity index (χ2v) is 4.08. The van der Waals surface area contributed by atoms with Gasteiger partial charge in [0.1, 0.15) is 5.82 Å². The summed E-state index contributed by atoms with van der Waals surface area (Å²) in [6, 6.07) is 1.38. The maximum atomic E-state index is 13.6. The number of hydrogen-bond acceptors (Lipinski definition) is 4. The van der Waals surface area contributed by atoms with Crippen molar-refractivity contribution in [3.05, 3.63) is 33.9 Å². The number of halogens is 2. The van der Waals surface area contributed by atoms with Crippen molar-refractivity contribution in [2.45, 2.75) is 20.4 Å². The lowest BCUT2D eigenvalue weighted by atomic mass is 10.0. The summed E-state index contributed by atoms with van der Waals surface area (Å²) in [5.41, 5.74) is 7.42. The summed E-state index contributed by atoms with van der Waals surface area (Å²) in [4.78, 5) is 4.05. The molecule has 0 radical (unpaired) electrons. The minimum atomic E-state index is -0.496. The van der Waals surface area contributed by atoms with Crippen molar-refractivity contribution in [1.82, 2.24) is 10.1 Å². The smallest absolute Gasteiger partial charge is 0.240 e. The molecule has 0 aliphatic heterocycles. The van der Waals surface area contributed by atoms with Crippen molar-refractivity contribution in [3.8, 4) is 11.4 Å². The van der Waals surface area contributed by atoms with E-state index in [9.17, 15) is 4.39 Å². The van der Waals surface area contributed by atoms with Crippen LogP contribution in [0.15, 0.2) is 10.6 Å². The molecule has 0 saturated carbocycles. The zero-order valence-electron chi connectivity index (χ0n) is 9.42. The van der Waals surface area contributed by atoms with Crippen molar-refractivity contribution >= 4 is 11.6 Å². The Labute approximate surface area is 103 Å². The van der Waals surface area contributed by atoms with Crippen LogP contribution in [0.4, 0.5) is 4.39 Å². The molecular weight excluding hydrogens is 245 g/mol. The summed E-state index contributed by atoms with van der Waals surface area (Å²) in [5.74, 6) is 0.0526. The fraction of sp³-hybridized carbons (Fsp3) is 0.273. The van der Waals surface area contributed by atoms with Crippen LogP contribution in [0.1, 0.15) is 17.0 Å². The minimum absolute atomic E-state index is 0.00234. The fourth-order valence-electron chi connectivity index (χ4n) is 1.55. The first-order chi connectivity index (χ1) is 8.04. The van der Waals surface area contributed by atoms with Gasteiger partial charge in [0.15, 0.2) is 0 Å². The molecule has 17 heavy (non-hydrogen) atoms. The van der Waals surface area contributed by atoms with Gasteiger partial charge in [0, 0.05) is 5.56 Å². The minimum Gasteiger partial charge on any atom is -0.338 e. The van der Waals surface area contributed by atoms with Gasteiger partial charge in [0.05, 0.1) is 11.6 Å². The van der Waals surface area contributed by atoms with E-state index in [1.807, 2.05) is 6.92 Å². The molecule has 0 fully saturated rings. The van der Waals surface area contributed by atoms with E-state index in [0.717, 1.165) is 11.1 Å². The Bertz CT molecular complexity index is 542. The monoisotopic (exact) mass is 255 g/mol. The standard InChI is InChI=1S/C11H11ClFN3O/c1-5-3-7(13)10(12)9(6(5)2)11-15-8(4-14)17-16-11/h3H,4,14H2,1-2H3. The molecule has 6 heteroatoms. The predicted molar refractivity (Wildman–Crippen MR) is 62.1 cm³/mol. The molecule has 1 aromatic heterocycles. The zero-order valence-corrected chi connectivity index (χ0v) is 10.2. The van der Waals surface area contributed by atoms with Crippen molar-refractivity contribution in [3.63, 3.8) is 0 Å². The highest BCUT2D eigenvalue weighted by Gasteiger charge is 2.18. The molecule has 2 N–H and O–H groups in total. The van der Waals surface area contributed by atoms with Gasteiger partial charge in [-0.15, -0.1) is 0 Å². The summed E-state index contributed by atoms with van der Waals surface area (Å²) in [6.45, 7) is 3.76. The van der Waals surface area contributed by atoms with Crippen molar-refractivity contribution in [2.24, 2.45) is 5.73 Å². The molecule has 0 saturated heterocycles. The van der Waals surface area contributed by atoms with E-state index in [1.165, 1.54) is 6.07 Å². The van der Waals surface area contributed by atoms with Gasteiger partial charge >= 0.3 is 0 Å². The highest BCUT2D eigenvalue weighted by molar-refractivity contribution is 6.33. The van der Waals surface area contributed by atoms with Gasteiger partial charge in [0.2, 0.25) is 11.7 Å². The van der Waals surface area contributed by atoms with Crippen LogP contribution >= 0.6 is 11.6 Å². The van der Waals surface area contributed by atoms with E-state index in [0.29, 0.717) is 5.56 Å². The van der Waals surface area contributed by atoms with Gasteiger partial charge in [-0.1, -0.05) is 16.8 Å². The molecule has 4 nitrogen and oxygen atoms in total. The topological polar surface area (TPSA) is 64.9 Å². The van der Waals surface area contributed by atoms with Crippen LogP contribution in [0.2, 0.25) is 5.02 Å². The van der Waals surface area contributed by atoms with Gasteiger partial charge in [-0.05, 0) is 31.0 Å². The number of hydrogen-bond donors (Lipinski definition) is 1. The lowest BCUT2D eigenvalue weighted by molar-refractivity contribution is 0.380. The molecule has 0 bridgehead atoms. The third kappa shape index (κ3) is 2.03. The molecule has 0 aliphatic rings. The van der Waals surface area contributed by atoms with Crippen LogP contribution < -0.4 is 5.73 Å². The van der Waals surface area contributed by atoms with Gasteiger partial charge in [-0.3, -0.25) is 0 Å². The maximum absolute atomic E-state index is 13.6. The van der Waals surface area contributed by atoms with Crippen molar-refractivity contribution in [2.75, 3.05) is 0 Å². The normalized spacial score (nSPS) is 10.9. The van der Waals surface area contributed by atoms with E-state index in [4.69, 9.17) is 21.9 Å². The second kappa shape index (κ2) is 4.43. The average Bonchev–Trinajstić information content (AvgIpc) is 2.75. The van der Waals surface area contributed by atoms with Crippen LogP contribution in [0.3, 0.4) is 0 Å². The molecule has 0 unspecified atom stereocenters. The molecular formula is C11H11ClFN3O. The molecule has 0 aliphatic carbocycles. The van der Waals surface area contributed by atoms with Crippen LogP contribution in [-0.2, 0) is 6.54 Å².